The maximum absolute atomic E-state index is 13.2. The highest BCUT2D eigenvalue weighted by Gasteiger charge is 2.31. The van der Waals surface area contributed by atoms with Crippen LogP contribution in [-0.2, 0) is 7.05 Å². The lowest BCUT2D eigenvalue weighted by molar-refractivity contribution is 0.233. The van der Waals surface area contributed by atoms with Crippen molar-refractivity contribution < 1.29 is 9.13 Å². The molecule has 1 aliphatic rings. The van der Waals surface area contributed by atoms with Gasteiger partial charge in [-0.15, -0.1) is 10.2 Å². The van der Waals surface area contributed by atoms with Crippen molar-refractivity contribution in [1.29, 1.82) is 0 Å². The van der Waals surface area contributed by atoms with E-state index < -0.39 is 0 Å². The maximum Gasteiger partial charge on any atom is 0.231 e. The van der Waals surface area contributed by atoms with Gasteiger partial charge in [0.15, 0.2) is 5.82 Å². The molecule has 0 bridgehead atoms. The van der Waals surface area contributed by atoms with Gasteiger partial charge in [0.2, 0.25) is 5.95 Å². The lowest BCUT2D eigenvalue weighted by atomic mass is 9.97. The monoisotopic (exact) mass is 352 g/mol. The smallest absolute Gasteiger partial charge is 0.231 e. The molecule has 26 heavy (non-hydrogen) atoms. The van der Waals surface area contributed by atoms with Crippen LogP contribution < -0.4 is 9.64 Å². The Labute approximate surface area is 152 Å². The number of benzene rings is 2. The number of halogens is 1. The molecule has 1 aliphatic heterocycles. The van der Waals surface area contributed by atoms with Gasteiger partial charge in [-0.05, 0) is 37.3 Å². The van der Waals surface area contributed by atoms with Crippen molar-refractivity contribution in [2.45, 2.75) is 25.9 Å². The standard InChI is InChI=1S/C20H21FN4O/c1-12-13(2)26-18-16(12)6-5-7-17(18)19-22-23-20(25(19)4)24(3)15-10-8-14(21)9-11-15/h5-13H,1-4H3. The third-order valence-corrected chi connectivity index (χ3v) is 5.15. The molecule has 0 saturated carbocycles. The molecule has 0 amide bonds. The average Bonchev–Trinajstić information content (AvgIpc) is 3.15. The summed E-state index contributed by atoms with van der Waals surface area (Å²) < 4.78 is 21.2. The highest BCUT2D eigenvalue weighted by Crippen LogP contribution is 2.44. The Morgan fingerprint density at radius 3 is 2.54 bits per heavy atom. The van der Waals surface area contributed by atoms with Gasteiger partial charge in [-0.1, -0.05) is 19.1 Å². The zero-order chi connectivity index (χ0) is 18.4. The number of rotatable bonds is 3. The Bertz CT molecular complexity index is 951. The first kappa shape index (κ1) is 16.6. The molecule has 6 heteroatoms. The van der Waals surface area contributed by atoms with Crippen LogP contribution >= 0.6 is 0 Å². The van der Waals surface area contributed by atoms with Crippen LogP contribution in [0.3, 0.4) is 0 Å². The van der Waals surface area contributed by atoms with Gasteiger partial charge in [-0.3, -0.25) is 4.57 Å². The van der Waals surface area contributed by atoms with E-state index in [9.17, 15) is 4.39 Å². The lowest BCUT2D eigenvalue weighted by Gasteiger charge is -2.18. The molecule has 1 aromatic heterocycles. The number of hydrogen-bond donors (Lipinski definition) is 0. The molecule has 5 nitrogen and oxygen atoms in total. The molecule has 0 N–H and O–H groups in total. The predicted molar refractivity (Wildman–Crippen MR) is 99.4 cm³/mol. The fourth-order valence-corrected chi connectivity index (χ4v) is 3.39. The van der Waals surface area contributed by atoms with E-state index in [0.717, 1.165) is 22.8 Å². The van der Waals surface area contributed by atoms with E-state index in [1.165, 1.54) is 17.7 Å². The van der Waals surface area contributed by atoms with E-state index in [0.29, 0.717) is 11.9 Å². The van der Waals surface area contributed by atoms with E-state index in [2.05, 4.69) is 30.1 Å². The van der Waals surface area contributed by atoms with Crippen LogP contribution in [-0.4, -0.2) is 27.9 Å². The number of aromatic nitrogens is 3. The van der Waals surface area contributed by atoms with E-state index in [4.69, 9.17) is 4.74 Å². The molecule has 2 heterocycles. The molecule has 0 fully saturated rings. The van der Waals surface area contributed by atoms with Crippen LogP contribution in [0.25, 0.3) is 11.4 Å². The summed E-state index contributed by atoms with van der Waals surface area (Å²) in [5, 5.41) is 8.74. The summed E-state index contributed by atoms with van der Waals surface area (Å²) in [6.45, 7) is 4.25. The van der Waals surface area contributed by atoms with Crippen molar-refractivity contribution in [2.75, 3.05) is 11.9 Å². The molecule has 0 aliphatic carbocycles. The number of anilines is 2. The summed E-state index contributed by atoms with van der Waals surface area (Å²) in [4.78, 5) is 1.88. The Kier molecular flexibility index (Phi) is 3.90. The maximum atomic E-state index is 13.2. The van der Waals surface area contributed by atoms with Crippen LogP contribution in [0, 0.1) is 5.82 Å². The zero-order valence-corrected chi connectivity index (χ0v) is 15.3. The molecule has 3 aromatic rings. The summed E-state index contributed by atoms with van der Waals surface area (Å²) in [5.41, 5.74) is 2.98. The minimum atomic E-state index is -0.263. The summed E-state index contributed by atoms with van der Waals surface area (Å²) in [7, 11) is 3.81. The van der Waals surface area contributed by atoms with E-state index in [1.54, 1.807) is 12.1 Å². The van der Waals surface area contributed by atoms with E-state index >= 15 is 0 Å². The first-order valence-corrected chi connectivity index (χ1v) is 8.66. The Balaban J connectivity index is 1.74. The van der Waals surface area contributed by atoms with E-state index in [-0.39, 0.29) is 11.9 Å². The Morgan fingerprint density at radius 2 is 1.81 bits per heavy atom. The minimum absolute atomic E-state index is 0.140. The number of nitrogens with zero attached hydrogens (tertiary/aromatic N) is 4. The van der Waals surface area contributed by atoms with Crippen LogP contribution in [0.5, 0.6) is 5.75 Å². The fourth-order valence-electron chi connectivity index (χ4n) is 3.39. The molecule has 0 spiro atoms. The summed E-state index contributed by atoms with van der Waals surface area (Å²) in [5.74, 6) is 2.38. The van der Waals surface area contributed by atoms with Gasteiger partial charge in [0, 0.05) is 31.3 Å². The molecule has 2 unspecified atom stereocenters. The second-order valence-electron chi connectivity index (χ2n) is 6.75. The van der Waals surface area contributed by atoms with Crippen molar-refractivity contribution in [3.63, 3.8) is 0 Å². The van der Waals surface area contributed by atoms with Gasteiger partial charge < -0.3 is 9.64 Å². The summed E-state index contributed by atoms with van der Waals surface area (Å²) in [6, 6.07) is 12.5. The van der Waals surface area contributed by atoms with Gasteiger partial charge in [-0.25, -0.2) is 4.39 Å². The summed E-state index contributed by atoms with van der Waals surface area (Å²) >= 11 is 0. The van der Waals surface area contributed by atoms with Gasteiger partial charge in [0.1, 0.15) is 17.7 Å². The molecule has 0 saturated heterocycles. The lowest BCUT2D eigenvalue weighted by Crippen LogP contribution is -2.14. The van der Waals surface area contributed by atoms with Crippen LogP contribution in [0.4, 0.5) is 16.0 Å². The topological polar surface area (TPSA) is 43.2 Å². The predicted octanol–water partition coefficient (Wildman–Crippen LogP) is 4.27. The number of fused-ring (bicyclic) bond motifs is 1. The second-order valence-corrected chi connectivity index (χ2v) is 6.75. The molecule has 2 atom stereocenters. The average molecular weight is 352 g/mol. The Hall–Kier alpha value is -2.89. The quantitative estimate of drug-likeness (QED) is 0.706. The van der Waals surface area contributed by atoms with Gasteiger partial charge in [0.25, 0.3) is 0 Å². The molecule has 0 radical (unpaired) electrons. The third kappa shape index (κ3) is 2.53. The molecule has 4 rings (SSSR count). The number of para-hydroxylation sites is 1. The van der Waals surface area contributed by atoms with Crippen molar-refractivity contribution >= 4 is 11.6 Å². The van der Waals surface area contributed by atoms with Crippen LogP contribution in [0.15, 0.2) is 42.5 Å². The Morgan fingerprint density at radius 1 is 1.08 bits per heavy atom. The highest BCUT2D eigenvalue weighted by molar-refractivity contribution is 5.70. The number of ether oxygens (including phenoxy) is 1. The van der Waals surface area contributed by atoms with Crippen molar-refractivity contribution in [1.82, 2.24) is 14.8 Å². The first-order chi connectivity index (χ1) is 12.5. The third-order valence-electron chi connectivity index (χ3n) is 5.15. The highest BCUT2D eigenvalue weighted by atomic mass is 19.1. The van der Waals surface area contributed by atoms with Gasteiger partial charge in [0.05, 0.1) is 5.56 Å². The largest absolute Gasteiger partial charge is 0.489 e. The number of hydrogen-bond acceptors (Lipinski definition) is 4. The second kappa shape index (κ2) is 6.12. The van der Waals surface area contributed by atoms with Crippen LogP contribution in [0.2, 0.25) is 0 Å². The SMILES string of the molecule is CC1Oc2c(-c3nnc(N(C)c4ccc(F)cc4)n3C)cccc2C1C. The molecule has 2 aromatic carbocycles. The molecular formula is C20H21FN4O. The normalized spacial score (nSPS) is 18.5. The molecular weight excluding hydrogens is 331 g/mol. The van der Waals surface area contributed by atoms with Gasteiger partial charge >= 0.3 is 0 Å². The minimum Gasteiger partial charge on any atom is -0.489 e. The van der Waals surface area contributed by atoms with Crippen LogP contribution in [0.1, 0.15) is 25.3 Å². The zero-order valence-electron chi connectivity index (χ0n) is 15.3. The van der Waals surface area contributed by atoms with Crippen molar-refractivity contribution in [2.24, 2.45) is 7.05 Å². The first-order valence-electron chi connectivity index (χ1n) is 8.66. The van der Waals surface area contributed by atoms with E-state index in [1.807, 2.05) is 35.7 Å². The summed E-state index contributed by atoms with van der Waals surface area (Å²) in [6.07, 6.45) is 0.140. The van der Waals surface area contributed by atoms with Crippen molar-refractivity contribution in [3.8, 4) is 17.1 Å². The fraction of sp³-hybridized carbons (Fsp3) is 0.300. The van der Waals surface area contributed by atoms with Crippen molar-refractivity contribution in [3.05, 3.63) is 53.8 Å². The van der Waals surface area contributed by atoms with Gasteiger partial charge in [-0.2, -0.15) is 0 Å². The molecule has 134 valence electrons.